The molecule has 8 nitrogen and oxygen atoms in total. The van der Waals surface area contributed by atoms with Gasteiger partial charge >= 0.3 is 6.18 Å². The van der Waals surface area contributed by atoms with E-state index >= 15 is 0 Å². The summed E-state index contributed by atoms with van der Waals surface area (Å²) < 4.78 is 44.7. The predicted octanol–water partition coefficient (Wildman–Crippen LogP) is 5.22. The molecule has 0 atom stereocenters. The molecule has 2 aromatic carbocycles. The molecule has 0 aliphatic carbocycles. The third-order valence-corrected chi connectivity index (χ3v) is 4.60. The molecule has 0 bridgehead atoms. The fourth-order valence-electron chi connectivity index (χ4n) is 3.01. The molecule has 3 rings (SSSR count). The number of benzene rings is 2. The highest BCUT2D eigenvalue weighted by Gasteiger charge is 2.31. The van der Waals surface area contributed by atoms with E-state index in [2.05, 4.69) is 20.8 Å². The number of nitroso groups, excluding NO2 is 1. The van der Waals surface area contributed by atoms with Crippen LogP contribution < -0.4 is 15.4 Å². The number of aromatic nitrogens is 1. The van der Waals surface area contributed by atoms with Crippen molar-refractivity contribution >= 4 is 23.2 Å². The van der Waals surface area contributed by atoms with Gasteiger partial charge in [0, 0.05) is 31.4 Å². The number of rotatable bonds is 8. The maximum Gasteiger partial charge on any atom is 0.416 e. The highest BCUT2D eigenvalue weighted by molar-refractivity contribution is 5.92. The van der Waals surface area contributed by atoms with Crippen molar-refractivity contribution in [2.24, 2.45) is 5.18 Å². The molecule has 0 radical (unpaired) electrons. The van der Waals surface area contributed by atoms with Gasteiger partial charge in [-0.3, -0.25) is 14.6 Å². The number of amides is 2. The second-order valence-electron chi connectivity index (χ2n) is 7.11. The predicted molar refractivity (Wildman–Crippen MR) is 118 cm³/mol. The van der Waals surface area contributed by atoms with Crippen LogP contribution >= 0.6 is 0 Å². The first-order chi connectivity index (χ1) is 16.2. The van der Waals surface area contributed by atoms with E-state index in [1.807, 2.05) is 0 Å². The average molecular weight is 472 g/mol. The number of anilines is 1. The van der Waals surface area contributed by atoms with E-state index in [9.17, 15) is 27.7 Å². The third-order valence-electron chi connectivity index (χ3n) is 4.60. The first-order valence-electron chi connectivity index (χ1n) is 9.98. The molecule has 0 aliphatic rings. The molecule has 34 heavy (non-hydrogen) atoms. The summed E-state index contributed by atoms with van der Waals surface area (Å²) in [7, 11) is 1.49. The monoisotopic (exact) mass is 472 g/mol. The first-order valence-corrected chi connectivity index (χ1v) is 9.98. The van der Waals surface area contributed by atoms with Gasteiger partial charge in [-0.05, 0) is 53.6 Å². The molecule has 1 heterocycles. The van der Waals surface area contributed by atoms with Crippen molar-refractivity contribution in [2.45, 2.75) is 19.0 Å². The second kappa shape index (κ2) is 10.6. The Bertz CT molecular complexity index is 1210. The number of aryl methyl sites for hydroxylation is 1. The van der Waals surface area contributed by atoms with Crippen LogP contribution in [0, 0.1) is 4.91 Å². The van der Waals surface area contributed by atoms with Gasteiger partial charge in [0.15, 0.2) is 0 Å². The van der Waals surface area contributed by atoms with Crippen LogP contribution in [-0.4, -0.2) is 23.8 Å². The summed E-state index contributed by atoms with van der Waals surface area (Å²) >= 11 is 0. The summed E-state index contributed by atoms with van der Waals surface area (Å²) in [6.45, 7) is 0. The van der Waals surface area contributed by atoms with Crippen molar-refractivity contribution < 1.29 is 27.5 Å². The summed E-state index contributed by atoms with van der Waals surface area (Å²) in [5, 5.41) is 7.36. The number of carbonyl (C=O) groups is 2. The number of hydrogen-bond acceptors (Lipinski definition) is 6. The van der Waals surface area contributed by atoms with Gasteiger partial charge in [0.25, 0.3) is 5.91 Å². The Morgan fingerprint density at radius 1 is 1.06 bits per heavy atom. The van der Waals surface area contributed by atoms with Crippen LogP contribution in [0.25, 0.3) is 0 Å². The number of carbonyl (C=O) groups excluding carboxylic acids is 2. The molecule has 0 aliphatic heterocycles. The summed E-state index contributed by atoms with van der Waals surface area (Å²) in [6.07, 6.45) is -3.00. The Kier molecular flexibility index (Phi) is 7.57. The Morgan fingerprint density at radius 3 is 2.53 bits per heavy atom. The number of ether oxygens (including phenoxy) is 1. The molecule has 1 aromatic heterocycles. The van der Waals surface area contributed by atoms with Crippen molar-refractivity contribution in [1.29, 1.82) is 0 Å². The van der Waals surface area contributed by atoms with Gasteiger partial charge in [-0.1, -0.05) is 12.1 Å². The van der Waals surface area contributed by atoms with Crippen molar-refractivity contribution in [3.63, 3.8) is 0 Å². The Morgan fingerprint density at radius 2 is 1.82 bits per heavy atom. The van der Waals surface area contributed by atoms with Gasteiger partial charge in [-0.2, -0.15) is 13.2 Å². The number of nitrogens with zero attached hydrogens (tertiary/aromatic N) is 2. The number of halogens is 3. The van der Waals surface area contributed by atoms with E-state index < -0.39 is 23.3 Å². The summed E-state index contributed by atoms with van der Waals surface area (Å²) in [5.41, 5.74) is -0.759. The molecule has 0 saturated heterocycles. The normalized spacial score (nSPS) is 10.9. The lowest BCUT2D eigenvalue weighted by Crippen LogP contribution is -2.18. The molecule has 0 unspecified atom stereocenters. The van der Waals surface area contributed by atoms with Crippen LogP contribution in [0.3, 0.4) is 0 Å². The zero-order chi connectivity index (χ0) is 24.7. The Balaban J connectivity index is 1.64. The van der Waals surface area contributed by atoms with Crippen LogP contribution in [0.2, 0.25) is 0 Å². The SMILES string of the molecule is CNC(=O)c1cc(Oc2cccc(CCC(=O)Nc3cc(N=O)cc(C(F)(F)F)c3)c2)ccn1. The van der Waals surface area contributed by atoms with Crippen LogP contribution in [0.15, 0.2) is 66.0 Å². The maximum atomic E-state index is 13.0. The van der Waals surface area contributed by atoms with E-state index in [0.717, 1.165) is 17.7 Å². The Labute approximate surface area is 192 Å². The fraction of sp³-hybridized carbons (Fsp3) is 0.174. The van der Waals surface area contributed by atoms with Gasteiger partial charge in [0.2, 0.25) is 5.91 Å². The largest absolute Gasteiger partial charge is 0.457 e. The summed E-state index contributed by atoms with van der Waals surface area (Å²) in [5.74, 6) is -0.0342. The van der Waals surface area contributed by atoms with Gasteiger partial charge in [-0.15, -0.1) is 4.91 Å². The van der Waals surface area contributed by atoms with Crippen molar-refractivity contribution in [2.75, 3.05) is 12.4 Å². The number of alkyl halides is 3. The van der Waals surface area contributed by atoms with Crippen LogP contribution in [0.4, 0.5) is 24.5 Å². The first kappa shape index (κ1) is 24.4. The molecule has 2 N–H and O–H groups in total. The third kappa shape index (κ3) is 6.61. The summed E-state index contributed by atoms with van der Waals surface area (Å²) in [6, 6.07) is 12.4. The highest BCUT2D eigenvalue weighted by Crippen LogP contribution is 2.34. The fourth-order valence-corrected chi connectivity index (χ4v) is 3.01. The van der Waals surface area contributed by atoms with Gasteiger partial charge in [0.1, 0.15) is 22.9 Å². The molecule has 3 aromatic rings. The average Bonchev–Trinajstić information content (AvgIpc) is 2.82. The van der Waals surface area contributed by atoms with Crippen molar-refractivity contribution in [1.82, 2.24) is 10.3 Å². The van der Waals surface area contributed by atoms with E-state index in [1.165, 1.54) is 19.3 Å². The smallest absolute Gasteiger partial charge is 0.416 e. The van der Waals surface area contributed by atoms with Gasteiger partial charge < -0.3 is 15.4 Å². The number of pyridine rings is 1. The minimum absolute atomic E-state index is 0.0281. The zero-order valence-electron chi connectivity index (χ0n) is 17.8. The lowest BCUT2D eigenvalue weighted by Gasteiger charge is -2.11. The maximum absolute atomic E-state index is 13.0. The topological polar surface area (TPSA) is 110 Å². The summed E-state index contributed by atoms with van der Waals surface area (Å²) in [4.78, 5) is 38.6. The minimum Gasteiger partial charge on any atom is -0.457 e. The van der Waals surface area contributed by atoms with E-state index in [1.54, 1.807) is 30.3 Å². The second-order valence-corrected chi connectivity index (χ2v) is 7.11. The zero-order valence-corrected chi connectivity index (χ0v) is 17.8. The molecule has 2 amide bonds. The Hall–Kier alpha value is -4.28. The van der Waals surface area contributed by atoms with Crippen molar-refractivity contribution in [3.8, 4) is 11.5 Å². The van der Waals surface area contributed by atoms with E-state index in [0.29, 0.717) is 17.6 Å². The van der Waals surface area contributed by atoms with Crippen LogP contribution in [0.1, 0.15) is 28.0 Å². The molecular weight excluding hydrogens is 453 g/mol. The molecule has 176 valence electrons. The van der Waals surface area contributed by atoms with Crippen LogP contribution in [0.5, 0.6) is 11.5 Å². The minimum atomic E-state index is -4.68. The van der Waals surface area contributed by atoms with Gasteiger partial charge in [-0.25, -0.2) is 0 Å². The lowest BCUT2D eigenvalue weighted by atomic mass is 10.1. The van der Waals surface area contributed by atoms with E-state index in [-0.39, 0.29) is 30.1 Å². The highest BCUT2D eigenvalue weighted by atomic mass is 19.4. The van der Waals surface area contributed by atoms with Crippen LogP contribution in [-0.2, 0) is 17.4 Å². The quantitative estimate of drug-likeness (QED) is 0.437. The van der Waals surface area contributed by atoms with E-state index in [4.69, 9.17) is 4.74 Å². The molecule has 0 spiro atoms. The standard InChI is InChI=1S/C23H19F3N4O4/c1-27-22(32)20-13-19(7-8-28-20)34-18-4-2-3-14(9-18)5-6-21(31)29-16-10-15(23(24,25)26)11-17(12-16)30-33/h2-4,7-13H,5-6H2,1H3,(H,27,32)(H,29,31). The molecule has 0 saturated carbocycles. The molecule has 11 heteroatoms. The number of nitrogens with one attached hydrogen (secondary N) is 2. The molecular formula is C23H19F3N4O4. The molecule has 0 fully saturated rings. The van der Waals surface area contributed by atoms with Gasteiger partial charge in [0.05, 0.1) is 5.56 Å². The lowest BCUT2D eigenvalue weighted by molar-refractivity contribution is -0.137. The number of hydrogen-bond donors (Lipinski definition) is 2. The van der Waals surface area contributed by atoms with Crippen molar-refractivity contribution in [3.05, 3.63) is 82.5 Å².